The highest BCUT2D eigenvalue weighted by atomic mass is 32.1. The number of rotatable bonds is 7. The summed E-state index contributed by atoms with van der Waals surface area (Å²) in [5, 5.41) is 5.81. The summed E-state index contributed by atoms with van der Waals surface area (Å²) >= 11 is 1.63. The van der Waals surface area contributed by atoms with E-state index >= 15 is 0 Å². The van der Waals surface area contributed by atoms with E-state index in [4.69, 9.17) is 0 Å². The Balaban J connectivity index is 1.57. The zero-order valence-electron chi connectivity index (χ0n) is 17.2. The van der Waals surface area contributed by atoms with Crippen molar-refractivity contribution < 1.29 is 9.59 Å². The Morgan fingerprint density at radius 3 is 2.66 bits per heavy atom. The van der Waals surface area contributed by atoms with Gasteiger partial charge in [-0.1, -0.05) is 19.1 Å². The van der Waals surface area contributed by atoms with E-state index in [1.165, 1.54) is 11.0 Å². The van der Waals surface area contributed by atoms with Gasteiger partial charge in [0, 0.05) is 35.3 Å². The number of thiazole rings is 1. The summed E-state index contributed by atoms with van der Waals surface area (Å²) in [6.45, 7) is 8.38. The molecule has 3 aromatic rings. The fourth-order valence-electron chi connectivity index (χ4n) is 2.87. The molecule has 0 aliphatic rings. The van der Waals surface area contributed by atoms with Crippen LogP contribution in [0.2, 0.25) is 0 Å². The topological polar surface area (TPSA) is 75.5 Å². The predicted octanol–water partition coefficient (Wildman–Crippen LogP) is 3.87. The van der Waals surface area contributed by atoms with E-state index in [1.807, 2.05) is 50.4 Å². The first-order chi connectivity index (χ1) is 13.9. The SMILES string of the molecule is CC[C@@H](C)NC(=O)c1ccc(CNC(=O)/C=C\c2c(C)nc3sc(C)cn23)cc1. The minimum atomic E-state index is -0.176. The normalized spacial score (nSPS) is 12.4. The Labute approximate surface area is 174 Å². The molecule has 2 N–H and O–H groups in total. The molecule has 0 saturated heterocycles. The summed E-state index contributed by atoms with van der Waals surface area (Å²) in [6.07, 6.45) is 6.23. The summed E-state index contributed by atoms with van der Waals surface area (Å²) in [4.78, 5) is 30.9. The van der Waals surface area contributed by atoms with E-state index in [0.717, 1.165) is 28.3 Å². The number of carbonyl (C=O) groups excluding carboxylic acids is 2. The molecule has 0 radical (unpaired) electrons. The third-order valence-corrected chi connectivity index (χ3v) is 5.63. The van der Waals surface area contributed by atoms with Crippen LogP contribution in [-0.4, -0.2) is 27.2 Å². The smallest absolute Gasteiger partial charge is 0.251 e. The van der Waals surface area contributed by atoms with Gasteiger partial charge in [0.25, 0.3) is 5.91 Å². The number of carbonyl (C=O) groups is 2. The molecule has 0 fully saturated rings. The molecule has 2 aromatic heterocycles. The molecule has 0 unspecified atom stereocenters. The van der Waals surface area contributed by atoms with E-state index in [-0.39, 0.29) is 17.9 Å². The third kappa shape index (κ3) is 5.12. The number of amides is 2. The average molecular weight is 411 g/mol. The van der Waals surface area contributed by atoms with E-state index in [0.29, 0.717) is 12.1 Å². The predicted molar refractivity (Wildman–Crippen MR) is 117 cm³/mol. The van der Waals surface area contributed by atoms with Gasteiger partial charge in [-0.15, -0.1) is 11.3 Å². The molecule has 1 aromatic carbocycles. The third-order valence-electron chi connectivity index (χ3n) is 4.73. The van der Waals surface area contributed by atoms with Crippen LogP contribution in [0, 0.1) is 13.8 Å². The Bertz CT molecular complexity index is 1050. The van der Waals surface area contributed by atoms with Crippen molar-refractivity contribution in [3.63, 3.8) is 0 Å². The van der Waals surface area contributed by atoms with Crippen molar-refractivity contribution in [3.05, 3.63) is 63.9 Å². The van der Waals surface area contributed by atoms with Gasteiger partial charge in [0.1, 0.15) is 0 Å². The van der Waals surface area contributed by atoms with Crippen LogP contribution in [0.3, 0.4) is 0 Å². The first kappa shape index (κ1) is 20.8. The average Bonchev–Trinajstić information content (AvgIpc) is 3.19. The lowest BCUT2D eigenvalue weighted by atomic mass is 10.1. The van der Waals surface area contributed by atoms with Crippen molar-refractivity contribution >= 4 is 34.2 Å². The molecule has 7 heteroatoms. The number of nitrogens with zero attached hydrogens (tertiary/aromatic N) is 2. The van der Waals surface area contributed by atoms with Crippen LogP contribution in [0.15, 0.2) is 36.5 Å². The number of nitrogens with one attached hydrogen (secondary N) is 2. The largest absolute Gasteiger partial charge is 0.350 e. The molecule has 0 spiro atoms. The molecule has 0 aliphatic carbocycles. The molecular formula is C22H26N4O2S. The summed E-state index contributed by atoms with van der Waals surface area (Å²) in [5.41, 5.74) is 3.36. The summed E-state index contributed by atoms with van der Waals surface area (Å²) in [7, 11) is 0. The highest BCUT2D eigenvalue weighted by molar-refractivity contribution is 7.17. The second kappa shape index (κ2) is 9.05. The molecule has 1 atom stereocenters. The van der Waals surface area contributed by atoms with Crippen molar-refractivity contribution in [1.82, 2.24) is 20.0 Å². The Hall–Kier alpha value is -2.93. The zero-order chi connectivity index (χ0) is 21.0. The van der Waals surface area contributed by atoms with E-state index < -0.39 is 0 Å². The van der Waals surface area contributed by atoms with Crippen molar-refractivity contribution in [3.8, 4) is 0 Å². The Morgan fingerprint density at radius 2 is 1.97 bits per heavy atom. The number of benzene rings is 1. The van der Waals surface area contributed by atoms with Crippen LogP contribution < -0.4 is 10.6 Å². The highest BCUT2D eigenvalue weighted by Gasteiger charge is 2.10. The minimum absolute atomic E-state index is 0.0796. The van der Waals surface area contributed by atoms with Crippen LogP contribution in [-0.2, 0) is 11.3 Å². The lowest BCUT2D eigenvalue weighted by Gasteiger charge is -2.11. The molecule has 0 saturated carbocycles. The zero-order valence-corrected chi connectivity index (χ0v) is 18.0. The molecular weight excluding hydrogens is 384 g/mol. The Kier molecular flexibility index (Phi) is 6.49. The molecule has 152 valence electrons. The number of fused-ring (bicyclic) bond motifs is 1. The van der Waals surface area contributed by atoms with Crippen LogP contribution in [0.25, 0.3) is 11.0 Å². The van der Waals surface area contributed by atoms with E-state index in [2.05, 4.69) is 15.6 Å². The van der Waals surface area contributed by atoms with Crippen molar-refractivity contribution in [2.24, 2.45) is 0 Å². The quantitative estimate of drug-likeness (QED) is 0.581. The van der Waals surface area contributed by atoms with E-state index in [1.54, 1.807) is 29.5 Å². The van der Waals surface area contributed by atoms with Gasteiger partial charge in [0.2, 0.25) is 5.91 Å². The van der Waals surface area contributed by atoms with Crippen LogP contribution >= 0.6 is 11.3 Å². The molecule has 29 heavy (non-hydrogen) atoms. The van der Waals surface area contributed by atoms with Gasteiger partial charge in [0.05, 0.1) is 11.4 Å². The number of imidazole rings is 1. The second-order valence-corrected chi connectivity index (χ2v) is 8.32. The van der Waals surface area contributed by atoms with Crippen molar-refractivity contribution in [1.29, 1.82) is 0 Å². The maximum atomic E-state index is 12.2. The minimum Gasteiger partial charge on any atom is -0.350 e. The first-order valence-electron chi connectivity index (χ1n) is 9.68. The second-order valence-electron chi connectivity index (χ2n) is 7.11. The van der Waals surface area contributed by atoms with Gasteiger partial charge in [-0.05, 0) is 51.0 Å². The van der Waals surface area contributed by atoms with Crippen LogP contribution in [0.5, 0.6) is 0 Å². The lowest BCUT2D eigenvalue weighted by Crippen LogP contribution is -2.31. The maximum Gasteiger partial charge on any atom is 0.251 e. The Morgan fingerprint density at radius 1 is 1.24 bits per heavy atom. The van der Waals surface area contributed by atoms with Crippen molar-refractivity contribution in [2.45, 2.75) is 46.7 Å². The summed E-state index contributed by atoms with van der Waals surface area (Å²) in [6, 6.07) is 7.41. The fourth-order valence-corrected chi connectivity index (χ4v) is 3.75. The first-order valence-corrected chi connectivity index (χ1v) is 10.5. The highest BCUT2D eigenvalue weighted by Crippen LogP contribution is 2.21. The number of aromatic nitrogens is 2. The van der Waals surface area contributed by atoms with Gasteiger partial charge in [0.15, 0.2) is 4.96 Å². The molecule has 2 amide bonds. The molecule has 2 heterocycles. The monoisotopic (exact) mass is 410 g/mol. The van der Waals surface area contributed by atoms with Crippen LogP contribution in [0.4, 0.5) is 0 Å². The van der Waals surface area contributed by atoms with Gasteiger partial charge in [-0.3, -0.25) is 14.0 Å². The van der Waals surface area contributed by atoms with Gasteiger partial charge in [-0.2, -0.15) is 0 Å². The molecule has 0 aliphatic heterocycles. The van der Waals surface area contributed by atoms with E-state index in [9.17, 15) is 9.59 Å². The molecule has 6 nitrogen and oxygen atoms in total. The number of aryl methyl sites for hydroxylation is 2. The number of hydrogen-bond donors (Lipinski definition) is 2. The van der Waals surface area contributed by atoms with Gasteiger partial charge >= 0.3 is 0 Å². The standard InChI is InChI=1S/C22H26N4O2S/c1-5-14(2)24-21(28)18-8-6-17(7-9-18)12-23-20(27)11-10-19-16(4)25-22-26(19)13-15(3)29-22/h6-11,13-14H,5,12H2,1-4H3,(H,23,27)(H,24,28)/b11-10-/t14-/m1/s1. The van der Waals surface area contributed by atoms with Gasteiger partial charge in [-0.25, -0.2) is 4.98 Å². The summed E-state index contributed by atoms with van der Waals surface area (Å²) < 4.78 is 2.00. The maximum absolute atomic E-state index is 12.2. The lowest BCUT2D eigenvalue weighted by molar-refractivity contribution is -0.116. The molecule has 3 rings (SSSR count). The number of hydrogen-bond acceptors (Lipinski definition) is 4. The summed E-state index contributed by atoms with van der Waals surface area (Å²) in [5.74, 6) is -0.256. The molecule has 0 bridgehead atoms. The van der Waals surface area contributed by atoms with Crippen molar-refractivity contribution in [2.75, 3.05) is 0 Å². The van der Waals surface area contributed by atoms with Crippen LogP contribution in [0.1, 0.15) is 52.5 Å². The fraction of sp³-hybridized carbons (Fsp3) is 0.318. The van der Waals surface area contributed by atoms with Gasteiger partial charge < -0.3 is 10.6 Å².